The molecule has 0 atom stereocenters. The van der Waals surface area contributed by atoms with Crippen LogP contribution in [0.3, 0.4) is 0 Å². The van der Waals surface area contributed by atoms with Gasteiger partial charge >= 0.3 is 0 Å². The Morgan fingerprint density at radius 1 is 1.39 bits per heavy atom. The van der Waals surface area contributed by atoms with Crippen molar-refractivity contribution in [3.8, 4) is 0 Å². The van der Waals surface area contributed by atoms with Crippen molar-refractivity contribution in [2.45, 2.75) is 19.9 Å². The van der Waals surface area contributed by atoms with Crippen molar-refractivity contribution in [1.82, 2.24) is 25.0 Å². The number of nitrogens with zero attached hydrogens (tertiary/aromatic N) is 5. The zero-order valence-electron chi connectivity index (χ0n) is 10.6. The predicted molar refractivity (Wildman–Crippen MR) is 69.4 cm³/mol. The van der Waals surface area contributed by atoms with E-state index in [1.54, 1.807) is 19.4 Å². The molecule has 2 heterocycles. The van der Waals surface area contributed by atoms with E-state index in [2.05, 4.69) is 30.9 Å². The molecule has 0 aromatic carbocycles. The van der Waals surface area contributed by atoms with Gasteiger partial charge in [-0.1, -0.05) is 5.21 Å². The summed E-state index contributed by atoms with van der Waals surface area (Å²) in [6.45, 7) is 3.66. The summed E-state index contributed by atoms with van der Waals surface area (Å²) in [5.74, 6) is 1.49. The monoisotopic (exact) mass is 247 g/mol. The van der Waals surface area contributed by atoms with Crippen molar-refractivity contribution in [1.29, 1.82) is 0 Å². The first-order valence-corrected chi connectivity index (χ1v) is 5.89. The molecule has 0 fully saturated rings. The SMILES string of the molecule is CNc1ncc(C)c(NCCCn2ccnn2)n1. The van der Waals surface area contributed by atoms with Crippen LogP contribution in [0.2, 0.25) is 0 Å². The maximum atomic E-state index is 4.36. The van der Waals surface area contributed by atoms with Crippen LogP contribution in [0, 0.1) is 6.92 Å². The normalized spacial score (nSPS) is 10.3. The van der Waals surface area contributed by atoms with Crippen molar-refractivity contribution in [3.63, 3.8) is 0 Å². The Kier molecular flexibility index (Phi) is 4.06. The van der Waals surface area contributed by atoms with Gasteiger partial charge in [-0.2, -0.15) is 4.98 Å². The van der Waals surface area contributed by atoms with Gasteiger partial charge in [0.25, 0.3) is 0 Å². The Labute approximate surface area is 106 Å². The van der Waals surface area contributed by atoms with Crippen LogP contribution in [0.15, 0.2) is 18.6 Å². The summed E-state index contributed by atoms with van der Waals surface area (Å²) >= 11 is 0. The summed E-state index contributed by atoms with van der Waals surface area (Å²) < 4.78 is 1.81. The fourth-order valence-corrected chi connectivity index (χ4v) is 1.54. The third-order valence-corrected chi connectivity index (χ3v) is 2.52. The summed E-state index contributed by atoms with van der Waals surface area (Å²) in [5, 5.41) is 13.9. The summed E-state index contributed by atoms with van der Waals surface area (Å²) in [7, 11) is 1.80. The second-order valence-electron chi connectivity index (χ2n) is 3.92. The van der Waals surface area contributed by atoms with Gasteiger partial charge in [0.1, 0.15) is 5.82 Å². The van der Waals surface area contributed by atoms with Crippen LogP contribution in [0.1, 0.15) is 12.0 Å². The minimum atomic E-state index is 0.624. The number of aromatic nitrogens is 5. The van der Waals surface area contributed by atoms with E-state index in [1.807, 2.05) is 17.8 Å². The molecular formula is C11H17N7. The Hall–Kier alpha value is -2.18. The van der Waals surface area contributed by atoms with Gasteiger partial charge in [0.05, 0.1) is 6.20 Å². The standard InChI is InChI=1S/C11H17N7/c1-9-8-14-11(12-2)16-10(9)13-4-3-6-18-7-5-15-17-18/h5,7-8H,3-4,6H2,1-2H3,(H2,12,13,14,16). The molecule has 7 nitrogen and oxygen atoms in total. The van der Waals surface area contributed by atoms with E-state index in [0.29, 0.717) is 5.95 Å². The molecule has 0 aliphatic rings. The topological polar surface area (TPSA) is 80.5 Å². The summed E-state index contributed by atoms with van der Waals surface area (Å²) in [6.07, 6.45) is 6.30. The summed E-state index contributed by atoms with van der Waals surface area (Å²) in [4.78, 5) is 8.50. The molecule has 0 saturated heterocycles. The van der Waals surface area contributed by atoms with E-state index in [-0.39, 0.29) is 0 Å². The highest BCUT2D eigenvalue weighted by molar-refractivity contribution is 5.46. The third kappa shape index (κ3) is 3.16. The molecule has 2 aromatic heterocycles. The molecule has 0 aliphatic heterocycles. The Bertz CT molecular complexity index is 480. The molecule has 0 unspecified atom stereocenters. The van der Waals surface area contributed by atoms with Gasteiger partial charge in [-0.25, -0.2) is 4.98 Å². The highest BCUT2D eigenvalue weighted by Gasteiger charge is 2.01. The second kappa shape index (κ2) is 5.95. The van der Waals surface area contributed by atoms with Gasteiger partial charge in [0.2, 0.25) is 5.95 Å². The molecule has 96 valence electrons. The average Bonchev–Trinajstić information content (AvgIpc) is 2.89. The van der Waals surface area contributed by atoms with Crippen molar-refractivity contribution >= 4 is 11.8 Å². The molecule has 0 aliphatic carbocycles. The lowest BCUT2D eigenvalue weighted by Gasteiger charge is -2.09. The van der Waals surface area contributed by atoms with Crippen molar-refractivity contribution in [2.24, 2.45) is 0 Å². The predicted octanol–water partition coefficient (Wildman–Crippen LogP) is 0.920. The zero-order chi connectivity index (χ0) is 12.8. The largest absolute Gasteiger partial charge is 0.370 e. The van der Waals surface area contributed by atoms with Crippen LogP contribution in [0.25, 0.3) is 0 Å². The lowest BCUT2D eigenvalue weighted by Crippen LogP contribution is -2.10. The van der Waals surface area contributed by atoms with Gasteiger partial charge < -0.3 is 10.6 Å². The molecule has 18 heavy (non-hydrogen) atoms. The van der Waals surface area contributed by atoms with Gasteiger partial charge in [-0.05, 0) is 13.3 Å². The molecule has 2 aromatic rings. The molecule has 0 amide bonds. The van der Waals surface area contributed by atoms with E-state index < -0.39 is 0 Å². The minimum absolute atomic E-state index is 0.624. The highest BCUT2D eigenvalue weighted by Crippen LogP contribution is 2.11. The first-order chi connectivity index (χ1) is 8.79. The number of nitrogens with one attached hydrogen (secondary N) is 2. The summed E-state index contributed by atoms with van der Waals surface area (Å²) in [6, 6.07) is 0. The molecular weight excluding hydrogens is 230 g/mol. The number of aryl methyl sites for hydroxylation is 2. The smallest absolute Gasteiger partial charge is 0.224 e. The van der Waals surface area contributed by atoms with E-state index in [9.17, 15) is 0 Å². The quantitative estimate of drug-likeness (QED) is 0.739. The van der Waals surface area contributed by atoms with E-state index in [1.165, 1.54) is 0 Å². The van der Waals surface area contributed by atoms with Gasteiger partial charge in [-0.3, -0.25) is 4.68 Å². The number of rotatable bonds is 6. The van der Waals surface area contributed by atoms with E-state index in [4.69, 9.17) is 0 Å². The molecule has 0 spiro atoms. The van der Waals surface area contributed by atoms with E-state index >= 15 is 0 Å². The number of hydrogen-bond donors (Lipinski definition) is 2. The minimum Gasteiger partial charge on any atom is -0.370 e. The molecule has 2 rings (SSSR count). The average molecular weight is 247 g/mol. The Balaban J connectivity index is 1.82. The third-order valence-electron chi connectivity index (χ3n) is 2.52. The lowest BCUT2D eigenvalue weighted by atomic mass is 10.3. The second-order valence-corrected chi connectivity index (χ2v) is 3.92. The van der Waals surface area contributed by atoms with Crippen LogP contribution in [-0.4, -0.2) is 38.6 Å². The van der Waals surface area contributed by atoms with Crippen LogP contribution in [-0.2, 0) is 6.54 Å². The van der Waals surface area contributed by atoms with Gasteiger partial charge in [0, 0.05) is 38.1 Å². The Morgan fingerprint density at radius 3 is 3.00 bits per heavy atom. The van der Waals surface area contributed by atoms with Crippen molar-refractivity contribution < 1.29 is 0 Å². The molecule has 0 bridgehead atoms. The molecule has 7 heteroatoms. The highest BCUT2D eigenvalue weighted by atomic mass is 15.4. The van der Waals surface area contributed by atoms with Crippen LogP contribution in [0.5, 0.6) is 0 Å². The lowest BCUT2D eigenvalue weighted by molar-refractivity contribution is 0.569. The number of anilines is 2. The van der Waals surface area contributed by atoms with Crippen molar-refractivity contribution in [3.05, 3.63) is 24.2 Å². The van der Waals surface area contributed by atoms with Crippen LogP contribution < -0.4 is 10.6 Å². The van der Waals surface area contributed by atoms with Crippen molar-refractivity contribution in [2.75, 3.05) is 24.2 Å². The first-order valence-electron chi connectivity index (χ1n) is 5.89. The van der Waals surface area contributed by atoms with Gasteiger partial charge in [-0.15, -0.1) is 5.10 Å². The van der Waals surface area contributed by atoms with Crippen LogP contribution in [0.4, 0.5) is 11.8 Å². The summed E-state index contributed by atoms with van der Waals surface area (Å²) in [5.41, 5.74) is 1.04. The Morgan fingerprint density at radius 2 is 2.28 bits per heavy atom. The van der Waals surface area contributed by atoms with E-state index in [0.717, 1.165) is 30.9 Å². The maximum Gasteiger partial charge on any atom is 0.224 e. The fraction of sp³-hybridized carbons (Fsp3) is 0.455. The van der Waals surface area contributed by atoms with Gasteiger partial charge in [0.15, 0.2) is 0 Å². The molecule has 0 saturated carbocycles. The molecule has 2 N–H and O–H groups in total. The first kappa shape index (κ1) is 12.3. The fourth-order valence-electron chi connectivity index (χ4n) is 1.54. The zero-order valence-corrected chi connectivity index (χ0v) is 10.6. The van der Waals surface area contributed by atoms with Crippen LogP contribution >= 0.6 is 0 Å². The maximum absolute atomic E-state index is 4.36. The number of hydrogen-bond acceptors (Lipinski definition) is 6. The molecule has 0 radical (unpaired) electrons.